The van der Waals surface area contributed by atoms with Gasteiger partial charge in [0.05, 0.1) is 18.3 Å². The highest BCUT2D eigenvalue weighted by atomic mass is 35.5. The molecule has 1 atom stereocenters. The van der Waals surface area contributed by atoms with Crippen LogP contribution in [0.15, 0.2) is 18.2 Å². The fourth-order valence-electron chi connectivity index (χ4n) is 2.14. The van der Waals surface area contributed by atoms with E-state index in [2.05, 4.69) is 0 Å². The van der Waals surface area contributed by atoms with Crippen LogP contribution in [0.4, 0.5) is 13.2 Å². The summed E-state index contributed by atoms with van der Waals surface area (Å²) in [6.07, 6.45) is -4.57. The molecule has 134 valence electrons. The van der Waals surface area contributed by atoms with Crippen LogP contribution in [0, 0.1) is 0 Å². The van der Waals surface area contributed by atoms with Gasteiger partial charge in [0.2, 0.25) is 0 Å². The van der Waals surface area contributed by atoms with E-state index in [-0.39, 0.29) is 12.7 Å². The number of alkyl halides is 3. The van der Waals surface area contributed by atoms with E-state index in [4.69, 9.17) is 25.6 Å². The molecule has 1 unspecified atom stereocenters. The number of hydrogen-bond donors (Lipinski definition) is 0. The molecule has 0 aliphatic carbocycles. The minimum absolute atomic E-state index is 0.120. The molecule has 3 nitrogen and oxygen atoms in total. The fourth-order valence-corrected chi connectivity index (χ4v) is 2.40. The van der Waals surface area contributed by atoms with E-state index in [0.29, 0.717) is 16.0 Å². The number of ether oxygens (including phenoxy) is 1. The van der Waals surface area contributed by atoms with Gasteiger partial charge in [-0.25, -0.2) is 0 Å². The molecule has 24 heavy (non-hydrogen) atoms. The summed E-state index contributed by atoms with van der Waals surface area (Å²) in [6, 6.07) is 4.94. The highest BCUT2D eigenvalue weighted by Gasteiger charge is 2.48. The highest BCUT2D eigenvalue weighted by molar-refractivity contribution is 6.62. The zero-order valence-corrected chi connectivity index (χ0v) is 15.1. The molecular formula is C16H21BClF3O3. The smallest absolute Gasteiger partial charge is 0.402 e. The van der Waals surface area contributed by atoms with Crippen LogP contribution in [0.3, 0.4) is 0 Å². The molecule has 0 spiro atoms. The molecule has 0 saturated carbocycles. The van der Waals surface area contributed by atoms with E-state index in [1.54, 1.807) is 18.2 Å². The summed E-state index contributed by atoms with van der Waals surface area (Å²) in [5.41, 5.74) is -1.52. The third-order valence-electron chi connectivity index (χ3n) is 4.25. The summed E-state index contributed by atoms with van der Waals surface area (Å²) in [7, 11) is -0.608. The van der Waals surface area contributed by atoms with Gasteiger partial charge in [-0.05, 0) is 57.8 Å². The van der Waals surface area contributed by atoms with Crippen LogP contribution >= 0.6 is 11.6 Å². The van der Waals surface area contributed by atoms with Gasteiger partial charge in [-0.1, -0.05) is 17.7 Å². The van der Waals surface area contributed by atoms with Crippen LogP contribution in [-0.4, -0.2) is 30.6 Å². The van der Waals surface area contributed by atoms with Crippen molar-refractivity contribution in [2.75, 3.05) is 0 Å². The Morgan fingerprint density at radius 3 is 2.38 bits per heavy atom. The number of benzene rings is 1. The van der Waals surface area contributed by atoms with Gasteiger partial charge in [0, 0.05) is 5.02 Å². The first-order valence-corrected chi connectivity index (χ1v) is 8.03. The van der Waals surface area contributed by atoms with E-state index in [1.165, 1.54) is 0 Å². The monoisotopic (exact) mass is 364 g/mol. The molecule has 0 bridgehead atoms. The minimum Gasteiger partial charge on any atom is -0.402 e. The highest BCUT2D eigenvalue weighted by Crippen LogP contribution is 2.33. The van der Waals surface area contributed by atoms with Gasteiger partial charge in [0.25, 0.3) is 0 Å². The van der Waals surface area contributed by atoms with Crippen molar-refractivity contribution in [2.24, 2.45) is 0 Å². The molecule has 1 aliphatic rings. The second kappa shape index (κ2) is 6.52. The van der Waals surface area contributed by atoms with Crippen molar-refractivity contribution in [1.82, 2.24) is 0 Å². The maximum Gasteiger partial charge on any atom is 0.494 e. The van der Waals surface area contributed by atoms with Crippen molar-refractivity contribution in [3.63, 3.8) is 0 Å². The lowest BCUT2D eigenvalue weighted by Gasteiger charge is -2.28. The summed E-state index contributed by atoms with van der Waals surface area (Å²) in [4.78, 5) is 0. The second-order valence-corrected chi connectivity index (χ2v) is 7.46. The molecule has 1 aliphatic heterocycles. The van der Waals surface area contributed by atoms with Crippen LogP contribution < -0.4 is 5.46 Å². The van der Waals surface area contributed by atoms with Crippen LogP contribution in [0.1, 0.15) is 40.2 Å². The molecule has 0 N–H and O–H groups in total. The normalized spacial score (nSPS) is 21.4. The van der Waals surface area contributed by atoms with Gasteiger partial charge in [-0.3, -0.25) is 0 Å². The summed E-state index contributed by atoms with van der Waals surface area (Å²) in [5.74, 6) is 0. The van der Waals surface area contributed by atoms with E-state index in [9.17, 15) is 13.2 Å². The van der Waals surface area contributed by atoms with Gasteiger partial charge in [-0.15, -0.1) is 0 Å². The maximum atomic E-state index is 12.9. The summed E-state index contributed by atoms with van der Waals surface area (Å²) in [5, 5.41) is 0.389. The molecular weight excluding hydrogens is 343 g/mol. The van der Waals surface area contributed by atoms with Crippen LogP contribution in [0.2, 0.25) is 5.02 Å². The van der Waals surface area contributed by atoms with Gasteiger partial charge in [0.1, 0.15) is 0 Å². The van der Waals surface area contributed by atoms with Crippen LogP contribution in [-0.2, 0) is 20.7 Å². The molecule has 0 radical (unpaired) electrons. The van der Waals surface area contributed by atoms with E-state index in [0.717, 1.165) is 13.8 Å². The summed E-state index contributed by atoms with van der Waals surface area (Å²) >= 11 is 6.09. The topological polar surface area (TPSA) is 27.7 Å². The third-order valence-corrected chi connectivity index (χ3v) is 4.47. The molecule has 2 rings (SSSR count). The molecule has 0 amide bonds. The van der Waals surface area contributed by atoms with Crippen molar-refractivity contribution in [3.05, 3.63) is 28.8 Å². The van der Waals surface area contributed by atoms with Gasteiger partial charge >= 0.3 is 13.3 Å². The minimum atomic E-state index is -4.45. The predicted molar refractivity (Wildman–Crippen MR) is 87.5 cm³/mol. The third kappa shape index (κ3) is 4.25. The van der Waals surface area contributed by atoms with E-state index >= 15 is 0 Å². The molecule has 1 heterocycles. The zero-order valence-electron chi connectivity index (χ0n) is 14.3. The van der Waals surface area contributed by atoms with Crippen molar-refractivity contribution in [2.45, 2.75) is 64.7 Å². The fraction of sp³-hybridized carbons (Fsp3) is 0.625. The molecule has 1 saturated heterocycles. The zero-order chi connectivity index (χ0) is 18.3. The van der Waals surface area contributed by atoms with Gasteiger partial charge < -0.3 is 14.0 Å². The quantitative estimate of drug-likeness (QED) is 0.753. The SMILES string of the molecule is CC1OB(c2cc(Cl)cc(COC(C)(C)C(F)(F)F)c2)OC1(C)C. The molecule has 1 aromatic rings. The largest absolute Gasteiger partial charge is 0.494 e. The predicted octanol–water partition coefficient (Wildman–Crippen LogP) is 4.11. The number of halogens is 4. The Morgan fingerprint density at radius 2 is 1.88 bits per heavy atom. The number of hydrogen-bond acceptors (Lipinski definition) is 3. The first-order valence-electron chi connectivity index (χ1n) is 7.65. The van der Waals surface area contributed by atoms with Crippen molar-refractivity contribution in [3.8, 4) is 0 Å². The standard InChI is InChI=1S/C16H21BClF3O3/c1-10-14(2,3)24-17(23-10)12-6-11(7-13(18)8-12)9-22-15(4,5)16(19,20)21/h6-8,10H,9H2,1-5H3. The summed E-state index contributed by atoms with van der Waals surface area (Å²) in [6.45, 7) is 7.50. The first kappa shape index (κ1) is 19.6. The van der Waals surface area contributed by atoms with Gasteiger partial charge in [0.15, 0.2) is 5.60 Å². The Balaban J connectivity index is 2.15. The first-order chi connectivity index (χ1) is 10.8. The van der Waals surface area contributed by atoms with E-state index < -0.39 is 24.5 Å². The van der Waals surface area contributed by atoms with Crippen LogP contribution in [0.5, 0.6) is 0 Å². The Morgan fingerprint density at radius 1 is 1.25 bits per heavy atom. The lowest BCUT2D eigenvalue weighted by atomic mass is 9.78. The Labute approximate surface area is 145 Å². The summed E-state index contributed by atoms with van der Waals surface area (Å²) < 4.78 is 55.3. The Hall–Kier alpha value is -0.755. The van der Waals surface area contributed by atoms with Crippen LogP contribution in [0.25, 0.3) is 0 Å². The van der Waals surface area contributed by atoms with Crippen molar-refractivity contribution >= 4 is 24.2 Å². The maximum absolute atomic E-state index is 12.9. The average molecular weight is 365 g/mol. The average Bonchev–Trinajstić information content (AvgIpc) is 2.69. The Kier molecular flexibility index (Phi) is 5.32. The molecule has 0 aromatic heterocycles. The van der Waals surface area contributed by atoms with Crippen molar-refractivity contribution < 1.29 is 27.2 Å². The Bertz CT molecular complexity index is 605. The lowest BCUT2D eigenvalue weighted by molar-refractivity contribution is -0.267. The second-order valence-electron chi connectivity index (χ2n) is 7.02. The molecule has 1 fully saturated rings. The molecule has 8 heteroatoms. The van der Waals surface area contributed by atoms with Crippen molar-refractivity contribution in [1.29, 1.82) is 0 Å². The molecule has 1 aromatic carbocycles. The van der Waals surface area contributed by atoms with Gasteiger partial charge in [-0.2, -0.15) is 13.2 Å². The lowest BCUT2D eigenvalue weighted by Crippen LogP contribution is -2.41. The number of rotatable bonds is 4. The van der Waals surface area contributed by atoms with E-state index in [1.807, 2.05) is 20.8 Å².